The van der Waals surface area contributed by atoms with Crippen LogP contribution in [0.2, 0.25) is 0 Å². The zero-order valence-electron chi connectivity index (χ0n) is 14.1. The molecule has 0 spiro atoms. The van der Waals surface area contributed by atoms with Crippen molar-refractivity contribution in [1.82, 2.24) is 4.90 Å². The lowest BCUT2D eigenvalue weighted by atomic mass is 10.2. The van der Waals surface area contributed by atoms with Gasteiger partial charge in [-0.1, -0.05) is 0 Å². The minimum Gasteiger partial charge on any atom is -0.369 e. The van der Waals surface area contributed by atoms with Crippen LogP contribution in [0, 0.1) is 15.9 Å². The minimum absolute atomic E-state index is 0.0140. The van der Waals surface area contributed by atoms with Gasteiger partial charge in [-0.05, 0) is 36.4 Å². The topological polar surface area (TPSA) is 78.7 Å². The summed E-state index contributed by atoms with van der Waals surface area (Å²) >= 11 is 0. The summed E-state index contributed by atoms with van der Waals surface area (Å²) in [7, 11) is 0. The zero-order valence-corrected chi connectivity index (χ0v) is 14.1. The molecule has 0 aliphatic carbocycles. The number of benzene rings is 2. The highest BCUT2D eigenvalue weighted by molar-refractivity contribution is 5.92. The molecule has 0 unspecified atom stereocenters. The van der Waals surface area contributed by atoms with Crippen LogP contribution < -0.4 is 10.2 Å². The molecule has 0 radical (unpaired) electrons. The van der Waals surface area contributed by atoms with Crippen LogP contribution in [0.4, 0.5) is 21.5 Å². The lowest BCUT2D eigenvalue weighted by Crippen LogP contribution is -2.48. The Kier molecular flexibility index (Phi) is 5.43. The SMILES string of the molecule is O=C(CN1CCN(c2ccc(F)cc2)CC1)Nc1ccc([N+](=O)[O-])cc1. The fraction of sp³-hybridized carbons (Fsp3) is 0.278. The highest BCUT2D eigenvalue weighted by Crippen LogP contribution is 2.17. The molecule has 0 atom stereocenters. The summed E-state index contributed by atoms with van der Waals surface area (Å²) in [6.07, 6.45) is 0. The van der Waals surface area contributed by atoms with Crippen molar-refractivity contribution in [1.29, 1.82) is 0 Å². The molecule has 1 saturated heterocycles. The normalized spacial score (nSPS) is 14.9. The third-order valence-corrected chi connectivity index (χ3v) is 4.29. The molecule has 1 heterocycles. The van der Waals surface area contributed by atoms with Gasteiger partial charge in [0.25, 0.3) is 5.69 Å². The maximum atomic E-state index is 13.0. The molecule has 1 N–H and O–H groups in total. The first kappa shape index (κ1) is 17.8. The number of halogens is 1. The van der Waals surface area contributed by atoms with Crippen molar-refractivity contribution in [2.24, 2.45) is 0 Å². The van der Waals surface area contributed by atoms with E-state index >= 15 is 0 Å². The molecule has 136 valence electrons. The van der Waals surface area contributed by atoms with E-state index in [1.165, 1.54) is 36.4 Å². The number of nitrogens with one attached hydrogen (secondary N) is 1. The van der Waals surface area contributed by atoms with E-state index in [1.807, 2.05) is 4.90 Å². The number of nitrogens with zero attached hydrogens (tertiary/aromatic N) is 3. The number of carbonyl (C=O) groups is 1. The van der Waals surface area contributed by atoms with Gasteiger partial charge >= 0.3 is 0 Å². The highest BCUT2D eigenvalue weighted by Gasteiger charge is 2.19. The van der Waals surface area contributed by atoms with Crippen molar-refractivity contribution in [3.8, 4) is 0 Å². The Hall–Kier alpha value is -3.00. The van der Waals surface area contributed by atoms with Crippen LogP contribution in [-0.2, 0) is 4.79 Å². The molecule has 0 saturated carbocycles. The van der Waals surface area contributed by atoms with Gasteiger partial charge in [0.2, 0.25) is 5.91 Å². The van der Waals surface area contributed by atoms with E-state index in [2.05, 4.69) is 10.2 Å². The Morgan fingerprint density at radius 3 is 2.23 bits per heavy atom. The Balaban J connectivity index is 1.47. The van der Waals surface area contributed by atoms with Crippen LogP contribution >= 0.6 is 0 Å². The second-order valence-electron chi connectivity index (χ2n) is 6.09. The zero-order chi connectivity index (χ0) is 18.5. The van der Waals surface area contributed by atoms with Crippen LogP contribution in [-0.4, -0.2) is 48.5 Å². The first-order valence-corrected chi connectivity index (χ1v) is 8.28. The summed E-state index contributed by atoms with van der Waals surface area (Å²) in [6.45, 7) is 3.23. The van der Waals surface area contributed by atoms with Crippen LogP contribution in [0.5, 0.6) is 0 Å². The number of anilines is 2. The van der Waals surface area contributed by atoms with E-state index in [0.717, 1.165) is 31.9 Å². The molecule has 26 heavy (non-hydrogen) atoms. The van der Waals surface area contributed by atoms with Gasteiger partial charge in [-0.3, -0.25) is 19.8 Å². The number of amides is 1. The van der Waals surface area contributed by atoms with E-state index < -0.39 is 4.92 Å². The van der Waals surface area contributed by atoms with E-state index in [4.69, 9.17) is 0 Å². The quantitative estimate of drug-likeness (QED) is 0.656. The molecule has 7 nitrogen and oxygen atoms in total. The van der Waals surface area contributed by atoms with Crippen molar-refractivity contribution in [3.63, 3.8) is 0 Å². The van der Waals surface area contributed by atoms with Gasteiger partial charge in [0, 0.05) is 49.7 Å². The number of carbonyl (C=O) groups excluding carboxylic acids is 1. The predicted molar refractivity (Wildman–Crippen MR) is 96.8 cm³/mol. The molecule has 8 heteroatoms. The number of hydrogen-bond acceptors (Lipinski definition) is 5. The van der Waals surface area contributed by atoms with E-state index in [9.17, 15) is 19.3 Å². The van der Waals surface area contributed by atoms with Crippen molar-refractivity contribution in [3.05, 3.63) is 64.5 Å². The molecule has 0 bridgehead atoms. The van der Waals surface area contributed by atoms with Gasteiger partial charge in [0.15, 0.2) is 0 Å². The Labute approximate surface area is 150 Å². The molecular formula is C18H19FN4O3. The van der Waals surface area contributed by atoms with Gasteiger partial charge in [-0.2, -0.15) is 0 Å². The largest absolute Gasteiger partial charge is 0.369 e. The number of non-ortho nitro benzene ring substituents is 1. The first-order chi connectivity index (χ1) is 12.5. The van der Waals surface area contributed by atoms with Crippen molar-refractivity contribution in [2.75, 3.05) is 42.9 Å². The molecule has 3 rings (SSSR count). The monoisotopic (exact) mass is 358 g/mol. The third kappa shape index (κ3) is 4.54. The van der Waals surface area contributed by atoms with Crippen LogP contribution in [0.25, 0.3) is 0 Å². The molecule has 1 fully saturated rings. The Morgan fingerprint density at radius 1 is 1.04 bits per heavy atom. The maximum Gasteiger partial charge on any atom is 0.269 e. The standard InChI is InChI=1S/C18H19FN4O3/c19-14-1-5-16(6-2-14)22-11-9-21(10-12-22)13-18(24)20-15-3-7-17(8-4-15)23(25)26/h1-8H,9-13H2,(H,20,24). The second kappa shape index (κ2) is 7.92. The van der Waals surface area contributed by atoms with Crippen LogP contribution in [0.15, 0.2) is 48.5 Å². The molecule has 1 amide bonds. The van der Waals surface area contributed by atoms with Crippen LogP contribution in [0.3, 0.4) is 0 Å². The average Bonchev–Trinajstić information content (AvgIpc) is 2.63. The molecule has 1 aliphatic heterocycles. The van der Waals surface area contributed by atoms with Crippen molar-refractivity contribution in [2.45, 2.75) is 0 Å². The molecule has 2 aromatic carbocycles. The maximum absolute atomic E-state index is 13.0. The number of hydrogen-bond donors (Lipinski definition) is 1. The smallest absolute Gasteiger partial charge is 0.269 e. The van der Waals surface area contributed by atoms with Crippen molar-refractivity contribution >= 4 is 23.0 Å². The molecule has 0 aromatic heterocycles. The number of nitro benzene ring substituents is 1. The van der Waals surface area contributed by atoms with Gasteiger partial charge in [-0.15, -0.1) is 0 Å². The molecule has 1 aliphatic rings. The number of piperazine rings is 1. The summed E-state index contributed by atoms with van der Waals surface area (Å²) in [5, 5.41) is 13.4. The lowest BCUT2D eigenvalue weighted by Gasteiger charge is -2.35. The van der Waals surface area contributed by atoms with Gasteiger partial charge < -0.3 is 10.2 Å². The second-order valence-corrected chi connectivity index (χ2v) is 6.09. The van der Waals surface area contributed by atoms with Gasteiger partial charge in [0.05, 0.1) is 11.5 Å². The Bertz CT molecular complexity index is 772. The van der Waals surface area contributed by atoms with E-state index in [-0.39, 0.29) is 24.0 Å². The summed E-state index contributed by atoms with van der Waals surface area (Å²) in [4.78, 5) is 26.5. The van der Waals surface area contributed by atoms with Crippen LogP contribution in [0.1, 0.15) is 0 Å². The minimum atomic E-state index is -0.480. The summed E-state index contributed by atoms with van der Waals surface area (Å²) in [5.41, 5.74) is 1.49. The lowest BCUT2D eigenvalue weighted by molar-refractivity contribution is -0.384. The van der Waals surface area contributed by atoms with Crippen molar-refractivity contribution < 1.29 is 14.1 Å². The first-order valence-electron chi connectivity index (χ1n) is 8.28. The van der Waals surface area contributed by atoms with E-state index in [1.54, 1.807) is 12.1 Å². The molecular weight excluding hydrogens is 339 g/mol. The third-order valence-electron chi connectivity index (χ3n) is 4.29. The average molecular weight is 358 g/mol. The fourth-order valence-corrected chi connectivity index (χ4v) is 2.89. The summed E-state index contributed by atoms with van der Waals surface area (Å²) in [5.74, 6) is -0.413. The summed E-state index contributed by atoms with van der Waals surface area (Å²) < 4.78 is 13.0. The highest BCUT2D eigenvalue weighted by atomic mass is 19.1. The Morgan fingerprint density at radius 2 is 1.65 bits per heavy atom. The number of rotatable bonds is 5. The molecule has 2 aromatic rings. The summed E-state index contributed by atoms with van der Waals surface area (Å²) in [6, 6.07) is 12.1. The van der Waals surface area contributed by atoms with Gasteiger partial charge in [0.1, 0.15) is 5.82 Å². The predicted octanol–water partition coefficient (Wildman–Crippen LogP) is 2.49. The van der Waals surface area contributed by atoms with E-state index in [0.29, 0.717) is 5.69 Å². The van der Waals surface area contributed by atoms with Gasteiger partial charge in [-0.25, -0.2) is 4.39 Å². The number of nitro groups is 1. The fourth-order valence-electron chi connectivity index (χ4n) is 2.89.